The molecule has 0 aliphatic rings. The second kappa shape index (κ2) is 5.25. The summed E-state index contributed by atoms with van der Waals surface area (Å²) < 4.78 is 0. The number of aromatic amines is 1. The molecule has 0 saturated heterocycles. The fraction of sp³-hybridized carbons (Fsp3) is 0.0909. The van der Waals surface area contributed by atoms with Crippen molar-refractivity contribution in [3.8, 4) is 0 Å². The number of nitrogens with zero attached hydrogens (tertiary/aromatic N) is 1. The monoisotopic (exact) mass is 267 g/mol. The van der Waals surface area contributed by atoms with Crippen molar-refractivity contribution in [2.75, 3.05) is 5.73 Å². The Bertz CT molecular complexity index is 585. The predicted molar refractivity (Wildman–Crippen MR) is 70.3 cm³/mol. The molecule has 0 aliphatic carbocycles. The smallest absolute Gasteiger partial charge is 0.251 e. The molecule has 0 bridgehead atoms. The van der Waals surface area contributed by atoms with Gasteiger partial charge in [-0.3, -0.25) is 4.79 Å². The van der Waals surface area contributed by atoms with Gasteiger partial charge in [-0.1, -0.05) is 23.4 Å². The summed E-state index contributed by atoms with van der Waals surface area (Å²) in [4.78, 5) is 17.7. The van der Waals surface area contributed by atoms with Crippen molar-refractivity contribution in [1.29, 1.82) is 0 Å². The van der Waals surface area contributed by atoms with Gasteiger partial charge in [0, 0.05) is 28.7 Å². The summed E-state index contributed by atoms with van der Waals surface area (Å²) in [5, 5.41) is 1.22. The van der Waals surface area contributed by atoms with Crippen LogP contribution in [0.25, 0.3) is 0 Å². The lowest BCUT2D eigenvalue weighted by molar-refractivity contribution is 0.936. The molecule has 3 N–H and O–H groups in total. The zero-order chi connectivity index (χ0) is 12.3. The first-order valence-corrected chi connectivity index (χ1v) is 6.23. The van der Waals surface area contributed by atoms with Crippen LogP contribution in [0.3, 0.4) is 0 Å². The Labute approximate surface area is 107 Å². The summed E-state index contributed by atoms with van der Waals surface area (Å²) in [6, 6.07) is 6.70. The molecule has 1 aromatic heterocycles. The number of hydrogen-bond donors (Lipinski definition) is 2. The fourth-order valence-corrected chi connectivity index (χ4v) is 2.38. The van der Waals surface area contributed by atoms with E-state index in [2.05, 4.69) is 9.97 Å². The van der Waals surface area contributed by atoms with E-state index in [0.29, 0.717) is 21.6 Å². The summed E-state index contributed by atoms with van der Waals surface area (Å²) >= 11 is 7.44. The van der Waals surface area contributed by atoms with E-state index >= 15 is 0 Å². The zero-order valence-corrected chi connectivity index (χ0v) is 10.4. The SMILES string of the molecule is Nc1ccc(Cl)c(CSc2nccc(=O)[nH]2)c1. The van der Waals surface area contributed by atoms with E-state index in [9.17, 15) is 4.79 Å². The highest BCUT2D eigenvalue weighted by atomic mass is 35.5. The summed E-state index contributed by atoms with van der Waals surface area (Å²) in [5.41, 5.74) is 7.10. The lowest BCUT2D eigenvalue weighted by atomic mass is 10.2. The molecule has 0 aliphatic heterocycles. The first-order valence-electron chi connectivity index (χ1n) is 4.87. The van der Waals surface area contributed by atoms with Gasteiger partial charge in [-0.2, -0.15) is 0 Å². The van der Waals surface area contributed by atoms with E-state index in [1.807, 2.05) is 6.07 Å². The van der Waals surface area contributed by atoms with Crippen LogP contribution in [0.4, 0.5) is 5.69 Å². The quantitative estimate of drug-likeness (QED) is 0.508. The number of hydrogen-bond acceptors (Lipinski definition) is 4. The van der Waals surface area contributed by atoms with Crippen LogP contribution in [-0.4, -0.2) is 9.97 Å². The van der Waals surface area contributed by atoms with E-state index in [0.717, 1.165) is 5.56 Å². The maximum absolute atomic E-state index is 11.1. The van der Waals surface area contributed by atoms with Crippen LogP contribution in [-0.2, 0) is 5.75 Å². The van der Waals surface area contributed by atoms with Gasteiger partial charge in [0.15, 0.2) is 5.16 Å². The number of halogens is 1. The van der Waals surface area contributed by atoms with Crippen molar-refractivity contribution >= 4 is 29.1 Å². The predicted octanol–water partition coefficient (Wildman–Crippen LogP) is 2.30. The third-order valence-electron chi connectivity index (χ3n) is 2.08. The Kier molecular flexibility index (Phi) is 3.71. The van der Waals surface area contributed by atoms with Crippen molar-refractivity contribution < 1.29 is 0 Å². The number of nitrogen functional groups attached to an aromatic ring is 1. The molecular weight excluding hydrogens is 258 g/mol. The number of rotatable bonds is 3. The molecule has 0 saturated carbocycles. The third-order valence-corrected chi connectivity index (χ3v) is 3.39. The first kappa shape index (κ1) is 12.0. The Morgan fingerprint density at radius 1 is 1.41 bits per heavy atom. The van der Waals surface area contributed by atoms with Crippen molar-refractivity contribution in [2.45, 2.75) is 10.9 Å². The van der Waals surface area contributed by atoms with Crippen LogP contribution < -0.4 is 11.3 Å². The molecule has 1 aromatic carbocycles. The number of thioether (sulfide) groups is 1. The van der Waals surface area contributed by atoms with Crippen LogP contribution in [0.5, 0.6) is 0 Å². The molecule has 0 atom stereocenters. The van der Waals surface area contributed by atoms with Gasteiger partial charge in [0.25, 0.3) is 5.56 Å². The molecule has 0 unspecified atom stereocenters. The molecular formula is C11H10ClN3OS. The number of nitrogens with two attached hydrogens (primary N) is 1. The number of anilines is 1. The van der Waals surface area contributed by atoms with Gasteiger partial charge < -0.3 is 10.7 Å². The van der Waals surface area contributed by atoms with Gasteiger partial charge in [-0.05, 0) is 23.8 Å². The molecule has 4 nitrogen and oxygen atoms in total. The van der Waals surface area contributed by atoms with Crippen molar-refractivity contribution in [2.24, 2.45) is 0 Å². The van der Waals surface area contributed by atoms with Gasteiger partial charge in [-0.25, -0.2) is 4.98 Å². The second-order valence-corrected chi connectivity index (χ2v) is 4.75. The maximum atomic E-state index is 11.1. The topological polar surface area (TPSA) is 71.8 Å². The Morgan fingerprint density at radius 3 is 3.00 bits per heavy atom. The molecule has 0 amide bonds. The van der Waals surface area contributed by atoms with E-state index in [1.54, 1.807) is 12.1 Å². The van der Waals surface area contributed by atoms with E-state index < -0.39 is 0 Å². The molecule has 0 fully saturated rings. The van der Waals surface area contributed by atoms with Crippen molar-refractivity contribution in [1.82, 2.24) is 9.97 Å². The number of aromatic nitrogens is 2. The van der Waals surface area contributed by atoms with Gasteiger partial charge in [0.2, 0.25) is 0 Å². The third kappa shape index (κ3) is 3.25. The fourth-order valence-electron chi connectivity index (χ4n) is 1.28. The summed E-state index contributed by atoms with van der Waals surface area (Å²) in [7, 11) is 0. The standard InChI is InChI=1S/C11H10ClN3OS/c12-9-2-1-8(13)5-7(9)6-17-11-14-4-3-10(16)15-11/h1-5H,6,13H2,(H,14,15,16). The Morgan fingerprint density at radius 2 is 2.24 bits per heavy atom. The average molecular weight is 268 g/mol. The maximum Gasteiger partial charge on any atom is 0.251 e. The minimum Gasteiger partial charge on any atom is -0.399 e. The minimum absolute atomic E-state index is 0.166. The van der Waals surface area contributed by atoms with Gasteiger partial charge in [0.1, 0.15) is 0 Å². The van der Waals surface area contributed by atoms with Crippen LogP contribution >= 0.6 is 23.4 Å². The highest BCUT2D eigenvalue weighted by Crippen LogP contribution is 2.25. The lowest BCUT2D eigenvalue weighted by Gasteiger charge is -2.04. The molecule has 2 aromatic rings. The first-order chi connectivity index (χ1) is 8.15. The Balaban J connectivity index is 2.12. The minimum atomic E-state index is -0.166. The van der Waals surface area contributed by atoms with Crippen molar-refractivity contribution in [3.05, 3.63) is 51.4 Å². The molecule has 88 valence electrons. The average Bonchev–Trinajstić information content (AvgIpc) is 2.30. The summed E-state index contributed by atoms with van der Waals surface area (Å²) in [5.74, 6) is 0.608. The molecule has 2 rings (SSSR count). The van der Waals surface area contributed by atoms with Gasteiger partial charge in [-0.15, -0.1) is 0 Å². The van der Waals surface area contributed by atoms with Gasteiger partial charge >= 0.3 is 0 Å². The largest absolute Gasteiger partial charge is 0.399 e. The van der Waals surface area contributed by atoms with E-state index in [1.165, 1.54) is 24.0 Å². The molecule has 0 radical (unpaired) electrons. The number of nitrogens with one attached hydrogen (secondary N) is 1. The van der Waals surface area contributed by atoms with Crippen LogP contribution in [0.1, 0.15) is 5.56 Å². The number of benzene rings is 1. The highest BCUT2D eigenvalue weighted by Gasteiger charge is 2.03. The zero-order valence-electron chi connectivity index (χ0n) is 8.81. The lowest BCUT2D eigenvalue weighted by Crippen LogP contribution is -2.05. The Hall–Kier alpha value is -1.46. The molecule has 6 heteroatoms. The summed E-state index contributed by atoms with van der Waals surface area (Å²) in [6.45, 7) is 0. The van der Waals surface area contributed by atoms with Crippen LogP contribution in [0, 0.1) is 0 Å². The second-order valence-electron chi connectivity index (χ2n) is 3.38. The number of H-pyrrole nitrogens is 1. The molecule has 0 spiro atoms. The van der Waals surface area contributed by atoms with E-state index in [-0.39, 0.29) is 5.56 Å². The van der Waals surface area contributed by atoms with Crippen LogP contribution in [0.2, 0.25) is 5.02 Å². The molecule has 1 heterocycles. The van der Waals surface area contributed by atoms with Crippen molar-refractivity contribution in [3.63, 3.8) is 0 Å². The highest BCUT2D eigenvalue weighted by molar-refractivity contribution is 7.98. The summed E-state index contributed by atoms with van der Waals surface area (Å²) in [6.07, 6.45) is 1.47. The van der Waals surface area contributed by atoms with E-state index in [4.69, 9.17) is 17.3 Å². The molecule has 17 heavy (non-hydrogen) atoms. The normalized spacial score (nSPS) is 10.4. The van der Waals surface area contributed by atoms with Crippen LogP contribution in [0.15, 0.2) is 40.4 Å². The van der Waals surface area contributed by atoms with Gasteiger partial charge in [0.05, 0.1) is 0 Å².